The lowest BCUT2D eigenvalue weighted by Gasteiger charge is -2.07. The molecule has 134 valence electrons. The number of nitrogens with one attached hydrogen (secondary N) is 1. The first-order valence-electron chi connectivity index (χ1n) is 7.96. The zero-order valence-corrected chi connectivity index (χ0v) is 14.7. The number of hydrogen-bond donors (Lipinski definition) is 2. The van der Waals surface area contributed by atoms with Crippen molar-refractivity contribution in [3.63, 3.8) is 0 Å². The lowest BCUT2D eigenvalue weighted by Crippen LogP contribution is -2.22. The smallest absolute Gasteiger partial charge is 0.295 e. The number of amides is 1. The molecule has 0 bridgehead atoms. The van der Waals surface area contributed by atoms with E-state index in [-0.39, 0.29) is 28.3 Å². The molecule has 26 heavy (non-hydrogen) atoms. The molecule has 2 aromatic carbocycles. The number of methoxy groups -OCH3 is 1. The molecule has 0 unspecified atom stereocenters. The summed E-state index contributed by atoms with van der Waals surface area (Å²) in [4.78, 5) is 25.4. The Bertz CT molecular complexity index is 1020. The van der Waals surface area contributed by atoms with E-state index in [1.807, 2.05) is 30.3 Å². The molecule has 0 aliphatic carbocycles. The van der Waals surface area contributed by atoms with Crippen LogP contribution in [0.5, 0.6) is 11.5 Å². The summed E-state index contributed by atoms with van der Waals surface area (Å²) in [6.07, 6.45) is 0. The molecule has 7 heteroatoms. The molecule has 0 fully saturated rings. The van der Waals surface area contributed by atoms with Crippen LogP contribution in [0.4, 0.5) is 5.69 Å². The number of para-hydroxylation sites is 1. The van der Waals surface area contributed by atoms with Crippen LogP contribution in [0.2, 0.25) is 0 Å². The molecule has 0 spiro atoms. The first-order chi connectivity index (χ1) is 12.4. The number of carbonyl (C=O) groups is 1. The largest absolute Gasteiger partial charge is 0.504 e. The molecular weight excluding hydrogens is 334 g/mol. The number of hydrogen-bond acceptors (Lipinski definition) is 4. The van der Waals surface area contributed by atoms with Gasteiger partial charge in [0.1, 0.15) is 5.69 Å². The minimum atomic E-state index is -0.464. The molecule has 1 amide bonds. The molecule has 0 aliphatic heterocycles. The van der Waals surface area contributed by atoms with E-state index in [0.29, 0.717) is 11.4 Å². The van der Waals surface area contributed by atoms with Crippen LogP contribution in [0.1, 0.15) is 16.1 Å². The van der Waals surface area contributed by atoms with Crippen molar-refractivity contribution < 1.29 is 14.6 Å². The minimum Gasteiger partial charge on any atom is -0.504 e. The van der Waals surface area contributed by atoms with E-state index in [1.165, 1.54) is 30.0 Å². The Morgan fingerprint density at radius 2 is 1.85 bits per heavy atom. The Labute approximate surface area is 150 Å². The van der Waals surface area contributed by atoms with Crippen LogP contribution in [0.15, 0.2) is 53.3 Å². The molecule has 3 rings (SSSR count). The van der Waals surface area contributed by atoms with Crippen LogP contribution in [-0.4, -0.2) is 27.5 Å². The van der Waals surface area contributed by atoms with Crippen molar-refractivity contribution in [1.29, 1.82) is 0 Å². The van der Waals surface area contributed by atoms with Crippen molar-refractivity contribution in [2.45, 2.75) is 6.92 Å². The van der Waals surface area contributed by atoms with Crippen molar-refractivity contribution in [1.82, 2.24) is 9.36 Å². The maximum Gasteiger partial charge on any atom is 0.295 e. The highest BCUT2D eigenvalue weighted by molar-refractivity contribution is 6.04. The number of rotatable bonds is 4. The van der Waals surface area contributed by atoms with Gasteiger partial charge in [-0.15, -0.1) is 0 Å². The summed E-state index contributed by atoms with van der Waals surface area (Å²) in [6.45, 7) is 1.76. The molecule has 0 saturated carbocycles. The van der Waals surface area contributed by atoms with Crippen LogP contribution >= 0.6 is 0 Å². The highest BCUT2D eigenvalue weighted by atomic mass is 16.5. The number of phenols is 1. The molecule has 0 aliphatic rings. The summed E-state index contributed by atoms with van der Waals surface area (Å²) in [5.41, 5.74) is 1.48. The number of phenolic OH excluding ortho intramolecular Hbond substituents is 1. The Hall–Kier alpha value is -3.48. The normalized spacial score (nSPS) is 10.6. The quantitative estimate of drug-likeness (QED) is 0.754. The first-order valence-corrected chi connectivity index (χ1v) is 7.96. The fraction of sp³-hybridized carbons (Fsp3) is 0.158. The Morgan fingerprint density at radius 1 is 1.15 bits per heavy atom. The first kappa shape index (κ1) is 17.3. The summed E-state index contributed by atoms with van der Waals surface area (Å²) >= 11 is 0. The van der Waals surface area contributed by atoms with Gasteiger partial charge in [-0.1, -0.05) is 18.2 Å². The lowest BCUT2D eigenvalue weighted by molar-refractivity contribution is 0.102. The third-order valence-electron chi connectivity index (χ3n) is 4.23. The Morgan fingerprint density at radius 3 is 2.50 bits per heavy atom. The van der Waals surface area contributed by atoms with Crippen LogP contribution in [0.25, 0.3) is 5.69 Å². The van der Waals surface area contributed by atoms with E-state index >= 15 is 0 Å². The zero-order valence-electron chi connectivity index (χ0n) is 14.7. The van der Waals surface area contributed by atoms with E-state index in [9.17, 15) is 14.7 Å². The van der Waals surface area contributed by atoms with Crippen molar-refractivity contribution in [2.75, 3.05) is 12.4 Å². The van der Waals surface area contributed by atoms with Crippen LogP contribution < -0.4 is 15.6 Å². The highest BCUT2D eigenvalue weighted by Gasteiger charge is 2.19. The van der Waals surface area contributed by atoms with E-state index in [0.717, 1.165) is 0 Å². The van der Waals surface area contributed by atoms with Crippen molar-refractivity contribution >= 4 is 11.6 Å². The van der Waals surface area contributed by atoms with Crippen LogP contribution in [0.3, 0.4) is 0 Å². The number of carbonyl (C=O) groups excluding carboxylic acids is 1. The molecule has 3 aromatic rings. The van der Waals surface area contributed by atoms with Gasteiger partial charge in [0, 0.05) is 12.6 Å². The summed E-state index contributed by atoms with van der Waals surface area (Å²) in [7, 11) is 3.15. The van der Waals surface area contributed by atoms with E-state index < -0.39 is 5.91 Å². The van der Waals surface area contributed by atoms with E-state index in [1.54, 1.807) is 18.7 Å². The lowest BCUT2D eigenvalue weighted by atomic mass is 10.2. The van der Waals surface area contributed by atoms with Crippen molar-refractivity contribution in [3.8, 4) is 17.2 Å². The number of ether oxygens (including phenoxy) is 1. The molecule has 2 N–H and O–H groups in total. The minimum absolute atomic E-state index is 0.0635. The summed E-state index contributed by atoms with van der Waals surface area (Å²) in [5, 5.41) is 12.3. The summed E-state index contributed by atoms with van der Waals surface area (Å²) < 4.78 is 8.19. The van der Waals surface area contributed by atoms with E-state index in [4.69, 9.17) is 4.74 Å². The fourth-order valence-corrected chi connectivity index (χ4v) is 2.72. The van der Waals surface area contributed by atoms with Gasteiger partial charge in [0.2, 0.25) is 0 Å². The highest BCUT2D eigenvalue weighted by Crippen LogP contribution is 2.26. The third kappa shape index (κ3) is 2.95. The molecule has 0 atom stereocenters. The third-order valence-corrected chi connectivity index (χ3v) is 4.23. The zero-order chi connectivity index (χ0) is 18.8. The summed E-state index contributed by atoms with van der Waals surface area (Å²) in [6, 6.07) is 13.4. The van der Waals surface area contributed by atoms with Crippen molar-refractivity contribution in [3.05, 3.63) is 70.1 Å². The maximum absolute atomic E-state index is 12.8. The molecule has 0 radical (unpaired) electrons. The van der Waals surface area contributed by atoms with Gasteiger partial charge in [-0.2, -0.15) is 0 Å². The van der Waals surface area contributed by atoms with Gasteiger partial charge in [0.05, 0.1) is 18.5 Å². The second-order valence-electron chi connectivity index (χ2n) is 5.78. The molecular formula is C19H19N3O4. The topological polar surface area (TPSA) is 85.5 Å². The number of aromatic nitrogens is 2. The predicted molar refractivity (Wildman–Crippen MR) is 98.4 cm³/mol. The Kier molecular flexibility index (Phi) is 4.53. The number of anilines is 1. The second kappa shape index (κ2) is 6.79. The van der Waals surface area contributed by atoms with Gasteiger partial charge in [-0.05, 0) is 37.3 Å². The second-order valence-corrected chi connectivity index (χ2v) is 5.78. The molecule has 7 nitrogen and oxygen atoms in total. The SMILES string of the molecule is COc1cc(C(=O)Nc2c(C)n(C)n(-c3ccccc3)c2=O)ccc1O. The predicted octanol–water partition coefficient (Wildman–Crippen LogP) is 2.45. The number of nitrogens with zero attached hydrogens (tertiary/aromatic N) is 2. The molecule has 1 heterocycles. The Balaban J connectivity index is 1.99. The van der Waals surface area contributed by atoms with Crippen LogP contribution in [0, 0.1) is 6.92 Å². The van der Waals surface area contributed by atoms with Gasteiger partial charge in [-0.25, -0.2) is 4.68 Å². The van der Waals surface area contributed by atoms with Gasteiger partial charge < -0.3 is 15.2 Å². The summed E-state index contributed by atoms with van der Waals surface area (Å²) in [5.74, 6) is -0.343. The van der Waals surface area contributed by atoms with Crippen LogP contribution in [-0.2, 0) is 7.05 Å². The average Bonchev–Trinajstić information content (AvgIpc) is 2.86. The van der Waals surface area contributed by atoms with Gasteiger partial charge in [-0.3, -0.25) is 14.3 Å². The standard InChI is InChI=1S/C19H19N3O4/c1-12-17(19(25)22(21(12)2)14-7-5-4-6-8-14)20-18(24)13-9-10-15(23)16(11-13)26-3/h4-11,23H,1-3H3,(H,20,24). The molecule has 1 aromatic heterocycles. The fourth-order valence-electron chi connectivity index (χ4n) is 2.72. The van der Waals surface area contributed by atoms with Gasteiger partial charge >= 0.3 is 0 Å². The van der Waals surface area contributed by atoms with Crippen molar-refractivity contribution in [2.24, 2.45) is 7.05 Å². The number of benzene rings is 2. The van der Waals surface area contributed by atoms with Gasteiger partial charge in [0.15, 0.2) is 11.5 Å². The molecule has 0 saturated heterocycles. The van der Waals surface area contributed by atoms with E-state index in [2.05, 4.69) is 5.32 Å². The number of aromatic hydroxyl groups is 1. The maximum atomic E-state index is 12.8. The van der Waals surface area contributed by atoms with Gasteiger partial charge in [0.25, 0.3) is 11.5 Å². The monoisotopic (exact) mass is 353 g/mol. The average molecular weight is 353 g/mol.